The summed E-state index contributed by atoms with van der Waals surface area (Å²) in [5.41, 5.74) is 6.16. The summed E-state index contributed by atoms with van der Waals surface area (Å²) >= 11 is 0. The Morgan fingerprint density at radius 2 is 2.04 bits per heavy atom. The normalized spacial score (nSPS) is 11.3. The smallest absolute Gasteiger partial charge is 0.215 e. The maximum absolute atomic E-state index is 5.49. The second-order valence-corrected chi connectivity index (χ2v) is 6.23. The van der Waals surface area contributed by atoms with Gasteiger partial charge >= 0.3 is 0 Å². The molecule has 0 spiro atoms. The molecular weight excluding hydrogens is 338 g/mol. The van der Waals surface area contributed by atoms with Gasteiger partial charge in [0.2, 0.25) is 5.88 Å². The molecule has 0 aliphatic carbocycles. The van der Waals surface area contributed by atoms with Crippen molar-refractivity contribution in [1.29, 1.82) is 0 Å². The molecule has 0 atom stereocenters. The fraction of sp³-hybridized carbons (Fsp3) is 0.0952. The van der Waals surface area contributed by atoms with Crippen molar-refractivity contribution in [2.75, 3.05) is 6.61 Å². The average Bonchev–Trinajstić information content (AvgIpc) is 3.32. The third-order valence-electron chi connectivity index (χ3n) is 4.61. The van der Waals surface area contributed by atoms with Crippen molar-refractivity contribution in [3.05, 3.63) is 67.4 Å². The molecule has 0 saturated heterocycles. The molecule has 132 valence electrons. The van der Waals surface area contributed by atoms with E-state index in [9.17, 15) is 0 Å². The summed E-state index contributed by atoms with van der Waals surface area (Å²) in [5, 5.41) is 5.52. The summed E-state index contributed by atoms with van der Waals surface area (Å²) in [6.45, 7) is 2.55. The fourth-order valence-electron chi connectivity index (χ4n) is 3.35. The van der Waals surface area contributed by atoms with Gasteiger partial charge in [-0.1, -0.05) is 6.07 Å². The first-order valence-corrected chi connectivity index (χ1v) is 8.82. The molecule has 6 nitrogen and oxygen atoms in total. The Kier molecular flexibility index (Phi) is 3.60. The highest BCUT2D eigenvalue weighted by Gasteiger charge is 2.12. The van der Waals surface area contributed by atoms with E-state index in [0.29, 0.717) is 12.5 Å². The summed E-state index contributed by atoms with van der Waals surface area (Å²) in [6, 6.07) is 12.1. The van der Waals surface area contributed by atoms with Crippen molar-refractivity contribution in [3.8, 4) is 28.1 Å². The predicted octanol–water partition coefficient (Wildman–Crippen LogP) is 4.34. The first-order chi connectivity index (χ1) is 13.3. The molecule has 1 N–H and O–H groups in total. The van der Waals surface area contributed by atoms with E-state index in [2.05, 4.69) is 32.2 Å². The largest absolute Gasteiger partial charge is 0.478 e. The number of nitrogens with zero attached hydrogens (tertiary/aromatic N) is 4. The minimum Gasteiger partial charge on any atom is -0.478 e. The average molecular weight is 355 g/mol. The van der Waals surface area contributed by atoms with Crippen LogP contribution in [0.15, 0.2) is 67.4 Å². The van der Waals surface area contributed by atoms with Crippen molar-refractivity contribution < 1.29 is 4.74 Å². The van der Waals surface area contributed by atoms with Crippen molar-refractivity contribution in [3.63, 3.8) is 0 Å². The van der Waals surface area contributed by atoms with Crippen LogP contribution in [-0.2, 0) is 0 Å². The number of H-pyrrole nitrogens is 1. The van der Waals surface area contributed by atoms with Crippen LogP contribution in [0.4, 0.5) is 0 Å². The van der Waals surface area contributed by atoms with Gasteiger partial charge in [0.05, 0.1) is 18.3 Å². The van der Waals surface area contributed by atoms with E-state index in [1.165, 1.54) is 0 Å². The highest BCUT2D eigenvalue weighted by molar-refractivity contribution is 5.95. The monoisotopic (exact) mass is 355 g/mol. The molecule has 0 aliphatic heterocycles. The standard InChI is InChI=1S/C21H17N5O/c1-2-27-20-6-5-16-17(12-23-21(16)25-20)14-7-9-26-19(10-14)18(13-24-26)15-4-3-8-22-11-15/h3-13H,2H2,1H3,(H,23,25). The van der Waals surface area contributed by atoms with Crippen LogP contribution < -0.4 is 4.74 Å². The lowest BCUT2D eigenvalue weighted by Gasteiger charge is -2.04. The summed E-state index contributed by atoms with van der Waals surface area (Å²) in [4.78, 5) is 12.0. The van der Waals surface area contributed by atoms with E-state index >= 15 is 0 Å². The highest BCUT2D eigenvalue weighted by Crippen LogP contribution is 2.32. The van der Waals surface area contributed by atoms with Gasteiger partial charge in [0.1, 0.15) is 5.65 Å². The summed E-state index contributed by atoms with van der Waals surface area (Å²) in [6.07, 6.45) is 9.47. The lowest BCUT2D eigenvalue weighted by atomic mass is 10.0. The molecule has 6 heteroatoms. The number of ether oxygens (including phenoxy) is 1. The molecule has 5 aromatic rings. The van der Waals surface area contributed by atoms with Crippen molar-refractivity contribution in [2.45, 2.75) is 6.92 Å². The molecule has 5 aromatic heterocycles. The van der Waals surface area contributed by atoms with Crippen LogP contribution in [0.1, 0.15) is 6.92 Å². The van der Waals surface area contributed by atoms with Crippen LogP contribution in [0.5, 0.6) is 5.88 Å². The number of aromatic amines is 1. The lowest BCUT2D eigenvalue weighted by Crippen LogP contribution is -1.93. The molecule has 0 amide bonds. The number of rotatable bonds is 4. The van der Waals surface area contributed by atoms with Crippen LogP contribution in [-0.4, -0.2) is 31.2 Å². The van der Waals surface area contributed by atoms with Crippen molar-refractivity contribution in [1.82, 2.24) is 24.6 Å². The number of hydrogen-bond acceptors (Lipinski definition) is 4. The molecule has 5 heterocycles. The summed E-state index contributed by atoms with van der Waals surface area (Å²) < 4.78 is 7.37. The molecule has 0 aliphatic rings. The van der Waals surface area contributed by atoms with E-state index < -0.39 is 0 Å². The Morgan fingerprint density at radius 3 is 2.89 bits per heavy atom. The number of nitrogens with one attached hydrogen (secondary N) is 1. The Hall–Kier alpha value is -3.67. The summed E-state index contributed by atoms with van der Waals surface area (Å²) in [5.74, 6) is 0.628. The van der Waals surface area contributed by atoms with E-state index in [1.807, 2.05) is 60.5 Å². The number of pyridine rings is 3. The molecule has 5 rings (SSSR count). The van der Waals surface area contributed by atoms with Gasteiger partial charge in [-0.15, -0.1) is 0 Å². The van der Waals surface area contributed by atoms with Gasteiger partial charge in [0, 0.05) is 52.9 Å². The van der Waals surface area contributed by atoms with Gasteiger partial charge in [-0.2, -0.15) is 10.1 Å². The zero-order valence-corrected chi connectivity index (χ0v) is 14.8. The molecular formula is C21H17N5O. The van der Waals surface area contributed by atoms with E-state index in [1.54, 1.807) is 6.20 Å². The Labute approximate surface area is 155 Å². The first-order valence-electron chi connectivity index (χ1n) is 8.82. The maximum atomic E-state index is 5.49. The molecule has 0 aromatic carbocycles. The van der Waals surface area contributed by atoms with Crippen LogP contribution in [0.3, 0.4) is 0 Å². The minimum absolute atomic E-state index is 0.598. The molecule has 0 fully saturated rings. The first kappa shape index (κ1) is 15.6. The SMILES string of the molecule is CCOc1ccc2c(-c3ccn4ncc(-c5cccnc5)c4c3)c[nH]c2n1. The van der Waals surface area contributed by atoms with Gasteiger partial charge < -0.3 is 9.72 Å². The fourth-order valence-corrected chi connectivity index (χ4v) is 3.35. The highest BCUT2D eigenvalue weighted by atomic mass is 16.5. The topological polar surface area (TPSA) is 68.1 Å². The zero-order valence-electron chi connectivity index (χ0n) is 14.8. The van der Waals surface area contributed by atoms with Crippen LogP contribution >= 0.6 is 0 Å². The number of aromatic nitrogens is 5. The van der Waals surface area contributed by atoms with Crippen LogP contribution in [0.2, 0.25) is 0 Å². The molecule has 0 unspecified atom stereocenters. The summed E-state index contributed by atoms with van der Waals surface area (Å²) in [7, 11) is 0. The Balaban J connectivity index is 1.64. The van der Waals surface area contributed by atoms with Gasteiger partial charge in [-0.05, 0) is 36.8 Å². The number of hydrogen-bond donors (Lipinski definition) is 1. The zero-order chi connectivity index (χ0) is 18.2. The van der Waals surface area contributed by atoms with E-state index in [4.69, 9.17) is 4.74 Å². The predicted molar refractivity (Wildman–Crippen MR) is 105 cm³/mol. The van der Waals surface area contributed by atoms with E-state index in [0.717, 1.165) is 38.8 Å². The van der Waals surface area contributed by atoms with E-state index in [-0.39, 0.29) is 0 Å². The van der Waals surface area contributed by atoms with Gasteiger partial charge in [-0.25, -0.2) is 4.52 Å². The Morgan fingerprint density at radius 1 is 1.07 bits per heavy atom. The number of fused-ring (bicyclic) bond motifs is 2. The molecule has 0 bridgehead atoms. The molecule has 0 saturated carbocycles. The molecule has 0 radical (unpaired) electrons. The molecule has 27 heavy (non-hydrogen) atoms. The van der Waals surface area contributed by atoms with Crippen LogP contribution in [0, 0.1) is 0 Å². The third-order valence-corrected chi connectivity index (χ3v) is 4.61. The Bertz CT molecular complexity index is 1240. The lowest BCUT2D eigenvalue weighted by molar-refractivity contribution is 0.328. The second kappa shape index (κ2) is 6.25. The van der Waals surface area contributed by atoms with Gasteiger partial charge in [0.25, 0.3) is 0 Å². The van der Waals surface area contributed by atoms with Gasteiger partial charge in [-0.3, -0.25) is 4.98 Å². The van der Waals surface area contributed by atoms with Crippen LogP contribution in [0.25, 0.3) is 38.8 Å². The third kappa shape index (κ3) is 2.62. The maximum Gasteiger partial charge on any atom is 0.215 e. The van der Waals surface area contributed by atoms with Gasteiger partial charge in [0.15, 0.2) is 0 Å². The second-order valence-electron chi connectivity index (χ2n) is 6.23. The van der Waals surface area contributed by atoms with Crippen molar-refractivity contribution >= 4 is 16.6 Å². The van der Waals surface area contributed by atoms with Crippen molar-refractivity contribution in [2.24, 2.45) is 0 Å². The quantitative estimate of drug-likeness (QED) is 0.521. The minimum atomic E-state index is 0.598.